The third-order valence-corrected chi connectivity index (χ3v) is 3.82. The predicted octanol–water partition coefficient (Wildman–Crippen LogP) is 2.30. The van der Waals surface area contributed by atoms with Crippen LogP contribution in [0.4, 0.5) is 4.79 Å². The number of carbonyl (C=O) groups excluding carboxylic acids is 1. The summed E-state index contributed by atoms with van der Waals surface area (Å²) in [6.07, 6.45) is 4.83. The number of amides is 1. The summed E-state index contributed by atoms with van der Waals surface area (Å²) >= 11 is 0. The van der Waals surface area contributed by atoms with E-state index in [9.17, 15) is 4.79 Å². The highest BCUT2D eigenvalue weighted by Crippen LogP contribution is 2.15. The second-order valence-corrected chi connectivity index (χ2v) is 6.95. The van der Waals surface area contributed by atoms with E-state index in [-0.39, 0.29) is 6.09 Å². The molecule has 0 aromatic carbocycles. The van der Waals surface area contributed by atoms with Crippen LogP contribution in [0.1, 0.15) is 45.7 Å². The quantitative estimate of drug-likeness (QED) is 0.931. The van der Waals surface area contributed by atoms with Gasteiger partial charge >= 0.3 is 6.09 Å². The van der Waals surface area contributed by atoms with Gasteiger partial charge in [0, 0.05) is 38.9 Å². The van der Waals surface area contributed by atoms with Gasteiger partial charge in [0.2, 0.25) is 0 Å². The van der Waals surface area contributed by atoms with E-state index >= 15 is 0 Å². The van der Waals surface area contributed by atoms with Gasteiger partial charge in [-0.3, -0.25) is 4.68 Å². The van der Waals surface area contributed by atoms with E-state index in [0.717, 1.165) is 38.0 Å². The van der Waals surface area contributed by atoms with Crippen LogP contribution in [0, 0.1) is 0 Å². The van der Waals surface area contributed by atoms with Crippen molar-refractivity contribution in [2.24, 2.45) is 7.05 Å². The zero-order valence-electron chi connectivity index (χ0n) is 14.1. The summed E-state index contributed by atoms with van der Waals surface area (Å²) in [5.41, 5.74) is 0.703. The number of aromatic nitrogens is 2. The number of carbonyl (C=O) groups is 1. The maximum absolute atomic E-state index is 12.3. The second kappa shape index (κ2) is 7.13. The van der Waals surface area contributed by atoms with Crippen molar-refractivity contribution >= 4 is 6.09 Å². The van der Waals surface area contributed by atoms with Crippen LogP contribution < -0.4 is 5.32 Å². The first-order valence-corrected chi connectivity index (χ1v) is 8.03. The largest absolute Gasteiger partial charge is 0.444 e. The summed E-state index contributed by atoms with van der Waals surface area (Å²) in [7, 11) is 1.94. The maximum Gasteiger partial charge on any atom is 0.410 e. The molecule has 0 radical (unpaired) electrons. The summed E-state index contributed by atoms with van der Waals surface area (Å²) in [5.74, 6) is 0. The Hall–Kier alpha value is -1.56. The lowest BCUT2D eigenvalue weighted by Crippen LogP contribution is -2.44. The topological polar surface area (TPSA) is 59.4 Å². The Morgan fingerprint density at radius 1 is 1.45 bits per heavy atom. The molecule has 1 fully saturated rings. The minimum absolute atomic E-state index is 0.207. The van der Waals surface area contributed by atoms with Crippen molar-refractivity contribution in [2.45, 2.75) is 58.2 Å². The van der Waals surface area contributed by atoms with Crippen molar-refractivity contribution in [3.05, 3.63) is 18.0 Å². The molecular formula is C16H28N4O2. The fourth-order valence-electron chi connectivity index (χ4n) is 2.62. The number of hydrogen-bond acceptors (Lipinski definition) is 4. The summed E-state index contributed by atoms with van der Waals surface area (Å²) in [5, 5.41) is 7.72. The van der Waals surface area contributed by atoms with E-state index < -0.39 is 5.60 Å². The first-order chi connectivity index (χ1) is 10.3. The van der Waals surface area contributed by atoms with Crippen LogP contribution in [-0.4, -0.2) is 45.5 Å². The van der Waals surface area contributed by atoms with Crippen LogP contribution in [0.3, 0.4) is 0 Å². The highest BCUT2D eigenvalue weighted by molar-refractivity contribution is 5.68. The molecule has 1 aromatic rings. The predicted molar refractivity (Wildman–Crippen MR) is 85.5 cm³/mol. The van der Waals surface area contributed by atoms with Crippen molar-refractivity contribution in [3.63, 3.8) is 0 Å². The van der Waals surface area contributed by atoms with Gasteiger partial charge in [0.1, 0.15) is 5.60 Å². The zero-order chi connectivity index (χ0) is 16.2. The molecule has 0 saturated carbocycles. The molecular weight excluding hydrogens is 280 g/mol. The average molecular weight is 308 g/mol. The Morgan fingerprint density at radius 2 is 2.23 bits per heavy atom. The molecule has 1 aliphatic heterocycles. The summed E-state index contributed by atoms with van der Waals surface area (Å²) in [6, 6.07) is 2.31. The van der Waals surface area contributed by atoms with Crippen LogP contribution in [0.15, 0.2) is 12.3 Å². The monoisotopic (exact) mass is 308 g/mol. The molecule has 1 amide bonds. The van der Waals surface area contributed by atoms with Crippen molar-refractivity contribution < 1.29 is 9.53 Å². The normalized spacial score (nSPS) is 19.8. The SMILES string of the molecule is Cn1nccc1CNC1CCCCN(C(=O)OC(C)(C)C)C1. The van der Waals surface area contributed by atoms with Crippen LogP contribution in [0.25, 0.3) is 0 Å². The third kappa shape index (κ3) is 5.02. The van der Waals surface area contributed by atoms with Gasteiger partial charge in [-0.1, -0.05) is 6.42 Å². The smallest absolute Gasteiger partial charge is 0.410 e. The Kier molecular flexibility index (Phi) is 5.45. The molecule has 0 aliphatic carbocycles. The number of hydrogen-bond donors (Lipinski definition) is 1. The molecule has 6 heteroatoms. The van der Waals surface area contributed by atoms with Gasteiger partial charge in [-0.2, -0.15) is 5.10 Å². The van der Waals surface area contributed by atoms with Crippen LogP contribution in [-0.2, 0) is 18.3 Å². The molecule has 6 nitrogen and oxygen atoms in total. The van der Waals surface area contributed by atoms with E-state index in [1.165, 1.54) is 0 Å². The van der Waals surface area contributed by atoms with Gasteiger partial charge in [-0.05, 0) is 39.7 Å². The lowest BCUT2D eigenvalue weighted by atomic mass is 10.1. The number of rotatable bonds is 3. The number of likely N-dealkylation sites (tertiary alicyclic amines) is 1. The van der Waals surface area contributed by atoms with Gasteiger partial charge in [0.05, 0.1) is 5.69 Å². The Morgan fingerprint density at radius 3 is 2.86 bits per heavy atom. The molecule has 0 bridgehead atoms. The molecule has 124 valence electrons. The lowest BCUT2D eigenvalue weighted by Gasteiger charge is -2.28. The van der Waals surface area contributed by atoms with Gasteiger partial charge in [-0.25, -0.2) is 4.79 Å². The van der Waals surface area contributed by atoms with E-state index in [1.807, 2.05) is 43.5 Å². The van der Waals surface area contributed by atoms with E-state index in [0.29, 0.717) is 12.6 Å². The zero-order valence-corrected chi connectivity index (χ0v) is 14.1. The van der Waals surface area contributed by atoms with E-state index in [4.69, 9.17) is 4.74 Å². The molecule has 1 aliphatic rings. The van der Waals surface area contributed by atoms with Gasteiger partial charge in [0.15, 0.2) is 0 Å². The number of ether oxygens (including phenoxy) is 1. The minimum Gasteiger partial charge on any atom is -0.444 e. The fourth-order valence-corrected chi connectivity index (χ4v) is 2.62. The Bertz CT molecular complexity index is 493. The molecule has 1 atom stereocenters. The number of aryl methyl sites for hydroxylation is 1. The first-order valence-electron chi connectivity index (χ1n) is 8.03. The average Bonchev–Trinajstić information content (AvgIpc) is 2.69. The number of nitrogens with zero attached hydrogens (tertiary/aromatic N) is 3. The summed E-state index contributed by atoms with van der Waals surface area (Å²) in [6.45, 7) is 7.96. The summed E-state index contributed by atoms with van der Waals surface area (Å²) in [4.78, 5) is 14.1. The Balaban J connectivity index is 1.89. The molecule has 1 saturated heterocycles. The van der Waals surface area contributed by atoms with Crippen molar-refractivity contribution in [3.8, 4) is 0 Å². The molecule has 22 heavy (non-hydrogen) atoms. The molecule has 1 unspecified atom stereocenters. The van der Waals surface area contributed by atoms with Crippen LogP contribution in [0.2, 0.25) is 0 Å². The molecule has 1 aromatic heterocycles. The van der Waals surface area contributed by atoms with E-state index in [1.54, 1.807) is 6.20 Å². The van der Waals surface area contributed by atoms with Crippen molar-refractivity contribution in [1.82, 2.24) is 20.0 Å². The van der Waals surface area contributed by atoms with Crippen molar-refractivity contribution in [1.29, 1.82) is 0 Å². The summed E-state index contributed by atoms with van der Waals surface area (Å²) < 4.78 is 7.37. The van der Waals surface area contributed by atoms with Crippen LogP contribution >= 0.6 is 0 Å². The fraction of sp³-hybridized carbons (Fsp3) is 0.750. The molecule has 2 rings (SSSR count). The maximum atomic E-state index is 12.3. The number of nitrogens with one attached hydrogen (secondary N) is 1. The molecule has 1 N–H and O–H groups in total. The molecule has 0 spiro atoms. The Labute approximate surface area is 132 Å². The van der Waals surface area contributed by atoms with Gasteiger partial charge < -0.3 is 15.0 Å². The van der Waals surface area contributed by atoms with Crippen LogP contribution in [0.5, 0.6) is 0 Å². The highest BCUT2D eigenvalue weighted by atomic mass is 16.6. The minimum atomic E-state index is -0.443. The van der Waals surface area contributed by atoms with Crippen molar-refractivity contribution in [2.75, 3.05) is 13.1 Å². The second-order valence-electron chi connectivity index (χ2n) is 6.95. The van der Waals surface area contributed by atoms with Gasteiger partial charge in [0.25, 0.3) is 0 Å². The molecule has 2 heterocycles. The van der Waals surface area contributed by atoms with Gasteiger partial charge in [-0.15, -0.1) is 0 Å². The van der Waals surface area contributed by atoms with E-state index in [2.05, 4.69) is 10.4 Å². The lowest BCUT2D eigenvalue weighted by molar-refractivity contribution is 0.0243. The third-order valence-electron chi connectivity index (χ3n) is 3.82. The highest BCUT2D eigenvalue weighted by Gasteiger charge is 2.26. The standard InChI is InChI=1S/C16H28N4O2/c1-16(2,3)22-15(21)20-10-6-5-7-13(12-20)17-11-14-8-9-18-19(14)4/h8-9,13,17H,5-7,10-12H2,1-4H3. The first kappa shape index (κ1) is 16.8.